The van der Waals surface area contributed by atoms with Crippen molar-refractivity contribution in [3.8, 4) is 0 Å². The Morgan fingerprint density at radius 3 is 2.78 bits per heavy atom. The van der Waals surface area contributed by atoms with Crippen LogP contribution in [0.4, 0.5) is 10.2 Å². The van der Waals surface area contributed by atoms with E-state index >= 15 is 0 Å². The maximum absolute atomic E-state index is 13.1. The van der Waals surface area contributed by atoms with Crippen molar-refractivity contribution < 1.29 is 4.39 Å². The second-order valence-electron chi connectivity index (χ2n) is 4.14. The van der Waals surface area contributed by atoms with Crippen LogP contribution in [0.15, 0.2) is 42.6 Å². The van der Waals surface area contributed by atoms with Crippen LogP contribution < -0.4 is 4.90 Å². The Hall–Kier alpha value is -1.61. The minimum atomic E-state index is -0.219. The number of rotatable bonds is 4. The van der Waals surface area contributed by atoms with Crippen molar-refractivity contribution >= 4 is 17.4 Å². The van der Waals surface area contributed by atoms with E-state index in [2.05, 4.69) is 4.98 Å². The molecule has 2 rings (SSSR count). The van der Waals surface area contributed by atoms with E-state index in [0.29, 0.717) is 12.4 Å². The molecule has 0 fully saturated rings. The number of alkyl halides is 1. The maximum Gasteiger partial charge on any atom is 0.128 e. The average Bonchev–Trinajstić information content (AvgIpc) is 2.39. The van der Waals surface area contributed by atoms with E-state index in [1.54, 1.807) is 12.3 Å². The van der Waals surface area contributed by atoms with Crippen molar-refractivity contribution in [2.24, 2.45) is 0 Å². The van der Waals surface area contributed by atoms with Crippen LogP contribution in [-0.4, -0.2) is 12.0 Å². The number of pyridine rings is 1. The van der Waals surface area contributed by atoms with Gasteiger partial charge in [-0.05, 0) is 35.4 Å². The number of anilines is 1. The summed E-state index contributed by atoms with van der Waals surface area (Å²) in [4.78, 5) is 6.24. The molecule has 1 aromatic heterocycles. The molecule has 0 aliphatic heterocycles. The lowest BCUT2D eigenvalue weighted by atomic mass is 10.2. The highest BCUT2D eigenvalue weighted by Crippen LogP contribution is 2.15. The molecule has 0 aliphatic rings. The second kappa shape index (κ2) is 5.83. The van der Waals surface area contributed by atoms with Gasteiger partial charge in [0.15, 0.2) is 0 Å². The van der Waals surface area contributed by atoms with E-state index in [9.17, 15) is 4.39 Å². The largest absolute Gasteiger partial charge is 0.355 e. The molecule has 0 atom stereocenters. The van der Waals surface area contributed by atoms with Gasteiger partial charge in [0.05, 0.1) is 0 Å². The molecule has 4 heteroatoms. The molecule has 94 valence electrons. The lowest BCUT2D eigenvalue weighted by Crippen LogP contribution is -2.17. The lowest BCUT2D eigenvalue weighted by Gasteiger charge is -2.18. The fourth-order valence-corrected chi connectivity index (χ4v) is 1.91. The summed E-state index contributed by atoms with van der Waals surface area (Å²) in [5.74, 6) is 1.07. The van der Waals surface area contributed by atoms with Gasteiger partial charge in [0.2, 0.25) is 0 Å². The highest BCUT2D eigenvalue weighted by molar-refractivity contribution is 6.17. The zero-order chi connectivity index (χ0) is 13.0. The summed E-state index contributed by atoms with van der Waals surface area (Å²) in [6, 6.07) is 10.4. The predicted molar refractivity (Wildman–Crippen MR) is 72.3 cm³/mol. The summed E-state index contributed by atoms with van der Waals surface area (Å²) >= 11 is 5.79. The van der Waals surface area contributed by atoms with Crippen LogP contribution in [-0.2, 0) is 12.4 Å². The van der Waals surface area contributed by atoms with Gasteiger partial charge in [-0.3, -0.25) is 0 Å². The molecule has 0 saturated heterocycles. The number of hydrogen-bond acceptors (Lipinski definition) is 2. The van der Waals surface area contributed by atoms with Crippen molar-refractivity contribution in [2.45, 2.75) is 12.4 Å². The van der Waals surface area contributed by atoms with Gasteiger partial charge < -0.3 is 4.90 Å². The van der Waals surface area contributed by atoms with Crippen molar-refractivity contribution in [3.05, 3.63) is 59.5 Å². The summed E-state index contributed by atoms with van der Waals surface area (Å²) in [6.07, 6.45) is 1.73. The average molecular weight is 265 g/mol. The molecule has 0 radical (unpaired) electrons. The molecule has 18 heavy (non-hydrogen) atoms. The molecule has 0 amide bonds. The van der Waals surface area contributed by atoms with E-state index in [4.69, 9.17) is 11.6 Å². The van der Waals surface area contributed by atoms with E-state index in [0.717, 1.165) is 16.9 Å². The Bertz CT molecular complexity index is 531. The molecule has 0 N–H and O–H groups in total. The van der Waals surface area contributed by atoms with Crippen molar-refractivity contribution in [1.29, 1.82) is 0 Å². The monoisotopic (exact) mass is 264 g/mol. The Morgan fingerprint density at radius 1 is 1.22 bits per heavy atom. The molecule has 2 aromatic rings. The van der Waals surface area contributed by atoms with Crippen molar-refractivity contribution in [2.75, 3.05) is 11.9 Å². The number of benzene rings is 1. The summed E-state index contributed by atoms with van der Waals surface area (Å²) in [7, 11) is 1.92. The van der Waals surface area contributed by atoms with Gasteiger partial charge in [-0.15, -0.1) is 11.6 Å². The van der Waals surface area contributed by atoms with E-state index in [1.165, 1.54) is 12.1 Å². The quantitative estimate of drug-likeness (QED) is 0.785. The van der Waals surface area contributed by atoms with Crippen LogP contribution in [0.1, 0.15) is 11.1 Å². The number of aromatic nitrogens is 1. The van der Waals surface area contributed by atoms with Gasteiger partial charge in [-0.2, -0.15) is 0 Å². The van der Waals surface area contributed by atoms with Crippen LogP contribution in [0.2, 0.25) is 0 Å². The fourth-order valence-electron chi connectivity index (χ4n) is 1.74. The Balaban J connectivity index is 2.13. The zero-order valence-electron chi connectivity index (χ0n) is 10.1. The van der Waals surface area contributed by atoms with Gasteiger partial charge in [0, 0.05) is 25.7 Å². The third-order valence-corrected chi connectivity index (χ3v) is 2.97. The Kier molecular flexibility index (Phi) is 4.15. The molecular formula is C14H14ClFN2. The molecule has 0 aliphatic carbocycles. The van der Waals surface area contributed by atoms with E-state index in [1.807, 2.05) is 30.1 Å². The van der Waals surface area contributed by atoms with Crippen LogP contribution in [0, 0.1) is 5.82 Å². The van der Waals surface area contributed by atoms with Gasteiger partial charge in [0.25, 0.3) is 0 Å². The molecule has 0 spiro atoms. The lowest BCUT2D eigenvalue weighted by molar-refractivity contribution is 0.625. The predicted octanol–water partition coefficient (Wildman–Crippen LogP) is 3.60. The van der Waals surface area contributed by atoms with Gasteiger partial charge >= 0.3 is 0 Å². The fraction of sp³-hybridized carbons (Fsp3) is 0.214. The number of nitrogens with zero attached hydrogens (tertiary/aromatic N) is 2. The van der Waals surface area contributed by atoms with E-state index in [-0.39, 0.29) is 5.82 Å². The van der Waals surface area contributed by atoms with Crippen molar-refractivity contribution in [1.82, 2.24) is 4.98 Å². The Labute approximate surface area is 111 Å². The van der Waals surface area contributed by atoms with Crippen LogP contribution >= 0.6 is 11.6 Å². The van der Waals surface area contributed by atoms with Crippen LogP contribution in [0.3, 0.4) is 0 Å². The minimum Gasteiger partial charge on any atom is -0.355 e. The standard InChI is InChI=1S/C14H14ClFN2/c1-18(10-12-3-2-4-13(16)7-12)14-8-11(9-15)5-6-17-14/h2-8H,9-10H2,1H3. The number of halogens is 2. The van der Waals surface area contributed by atoms with Gasteiger partial charge in [0.1, 0.15) is 11.6 Å². The first-order valence-electron chi connectivity index (χ1n) is 5.65. The minimum absolute atomic E-state index is 0.219. The highest BCUT2D eigenvalue weighted by atomic mass is 35.5. The summed E-state index contributed by atoms with van der Waals surface area (Å²) in [5, 5.41) is 0. The molecule has 2 nitrogen and oxygen atoms in total. The third-order valence-electron chi connectivity index (χ3n) is 2.66. The first kappa shape index (κ1) is 12.8. The SMILES string of the molecule is CN(Cc1cccc(F)c1)c1cc(CCl)ccn1. The van der Waals surface area contributed by atoms with Gasteiger partial charge in [-0.1, -0.05) is 12.1 Å². The zero-order valence-corrected chi connectivity index (χ0v) is 10.9. The topological polar surface area (TPSA) is 16.1 Å². The molecule has 0 unspecified atom stereocenters. The molecule has 1 aromatic carbocycles. The number of hydrogen-bond donors (Lipinski definition) is 0. The maximum atomic E-state index is 13.1. The highest BCUT2D eigenvalue weighted by Gasteiger charge is 2.05. The van der Waals surface area contributed by atoms with Crippen molar-refractivity contribution in [3.63, 3.8) is 0 Å². The first-order valence-corrected chi connectivity index (χ1v) is 6.19. The third kappa shape index (κ3) is 3.20. The Morgan fingerprint density at radius 2 is 2.06 bits per heavy atom. The summed E-state index contributed by atoms with van der Waals surface area (Å²) in [5.41, 5.74) is 1.93. The molecule has 0 bridgehead atoms. The van der Waals surface area contributed by atoms with Crippen LogP contribution in [0.5, 0.6) is 0 Å². The van der Waals surface area contributed by atoms with Crippen LogP contribution in [0.25, 0.3) is 0 Å². The summed E-state index contributed by atoms with van der Waals surface area (Å²) in [6.45, 7) is 0.608. The van der Waals surface area contributed by atoms with Gasteiger partial charge in [-0.25, -0.2) is 9.37 Å². The molecule has 0 saturated carbocycles. The van der Waals surface area contributed by atoms with E-state index < -0.39 is 0 Å². The normalized spacial score (nSPS) is 10.4. The smallest absolute Gasteiger partial charge is 0.128 e. The second-order valence-corrected chi connectivity index (χ2v) is 4.41. The molecular weight excluding hydrogens is 251 g/mol. The summed E-state index contributed by atoms with van der Waals surface area (Å²) < 4.78 is 13.1. The molecule has 1 heterocycles. The first-order chi connectivity index (χ1) is 8.69.